The number of nitrogens with zero attached hydrogens (tertiary/aromatic N) is 1. The lowest BCUT2D eigenvalue weighted by atomic mass is 10.2. The first-order valence-corrected chi connectivity index (χ1v) is 7.74. The molecule has 0 aromatic heterocycles. The van der Waals surface area contributed by atoms with E-state index in [2.05, 4.69) is 20.9 Å². The lowest BCUT2D eigenvalue weighted by molar-refractivity contribution is -0.137. The van der Waals surface area contributed by atoms with E-state index in [1.165, 1.54) is 0 Å². The summed E-state index contributed by atoms with van der Waals surface area (Å²) >= 11 is 3.34. The molecule has 0 fully saturated rings. The van der Waals surface area contributed by atoms with Gasteiger partial charge < -0.3 is 14.9 Å². The van der Waals surface area contributed by atoms with Gasteiger partial charge in [0.1, 0.15) is 18.0 Å². The monoisotopic (exact) mass is 391 g/mol. The molecule has 0 saturated carbocycles. The van der Waals surface area contributed by atoms with Crippen LogP contribution in [0.5, 0.6) is 5.75 Å². The Kier molecular flexibility index (Phi) is 6.08. The van der Waals surface area contributed by atoms with E-state index in [-0.39, 0.29) is 12.3 Å². The van der Waals surface area contributed by atoms with Crippen molar-refractivity contribution in [3.63, 3.8) is 0 Å². The van der Waals surface area contributed by atoms with Gasteiger partial charge in [0, 0.05) is 0 Å². The molecule has 2 aromatic carbocycles. The molecule has 124 valence electrons. The Balaban J connectivity index is 2.31. The summed E-state index contributed by atoms with van der Waals surface area (Å²) in [6, 6.07) is 14.4. The molecule has 0 aliphatic heterocycles. The summed E-state index contributed by atoms with van der Waals surface area (Å²) in [6.07, 6.45) is -0.681. The molecule has 0 bridgehead atoms. The number of carboxylic acids is 2. The van der Waals surface area contributed by atoms with E-state index in [1.807, 2.05) is 30.3 Å². The molecule has 0 unspecified atom stereocenters. The number of rotatable bonds is 7. The van der Waals surface area contributed by atoms with Gasteiger partial charge in [0.2, 0.25) is 0 Å². The van der Waals surface area contributed by atoms with Crippen LogP contribution >= 0.6 is 15.9 Å². The molecule has 0 aliphatic rings. The molecule has 0 spiro atoms. The smallest absolute Gasteiger partial charge is 0.350 e. The molecular weight excluding hydrogens is 378 g/mol. The Labute approximate surface area is 146 Å². The standard InChI is InChI=1S/C17H14BrNO5/c18-12-7-4-8-13(19-14(17(22)23)9-15(20)21)16(12)24-10-11-5-2-1-3-6-11/h1-8H,9-10H2,(H,20,21)(H,22,23). The minimum Gasteiger partial charge on any atom is -0.485 e. The number of hydrogen-bond acceptors (Lipinski definition) is 4. The van der Waals surface area contributed by atoms with Gasteiger partial charge in [0.15, 0.2) is 5.75 Å². The van der Waals surface area contributed by atoms with Gasteiger partial charge in [-0.05, 0) is 33.6 Å². The highest BCUT2D eigenvalue weighted by atomic mass is 79.9. The van der Waals surface area contributed by atoms with Crippen molar-refractivity contribution in [2.24, 2.45) is 4.99 Å². The van der Waals surface area contributed by atoms with Gasteiger partial charge in [0.25, 0.3) is 0 Å². The molecule has 0 amide bonds. The van der Waals surface area contributed by atoms with Crippen LogP contribution in [0.2, 0.25) is 0 Å². The summed E-state index contributed by atoms with van der Waals surface area (Å²) in [6.45, 7) is 0.271. The lowest BCUT2D eigenvalue weighted by Gasteiger charge is -2.11. The number of ether oxygens (including phenoxy) is 1. The number of carboxylic acid groups (broad SMARTS) is 2. The molecule has 2 rings (SSSR count). The van der Waals surface area contributed by atoms with E-state index in [0.717, 1.165) is 5.56 Å². The summed E-state index contributed by atoms with van der Waals surface area (Å²) in [4.78, 5) is 25.9. The van der Waals surface area contributed by atoms with Crippen molar-refractivity contribution in [3.05, 3.63) is 58.6 Å². The third-order valence-corrected chi connectivity index (χ3v) is 3.62. The maximum Gasteiger partial charge on any atom is 0.350 e. The van der Waals surface area contributed by atoms with Crippen molar-refractivity contribution in [1.29, 1.82) is 0 Å². The number of carbonyl (C=O) groups is 2. The van der Waals surface area contributed by atoms with E-state index in [9.17, 15) is 9.59 Å². The number of para-hydroxylation sites is 1. The predicted molar refractivity (Wildman–Crippen MR) is 91.9 cm³/mol. The van der Waals surface area contributed by atoms with Crippen LogP contribution < -0.4 is 4.74 Å². The van der Waals surface area contributed by atoms with Crippen LogP contribution in [0.25, 0.3) is 0 Å². The van der Waals surface area contributed by atoms with Crippen molar-refractivity contribution in [3.8, 4) is 5.75 Å². The lowest BCUT2D eigenvalue weighted by Crippen LogP contribution is -2.17. The van der Waals surface area contributed by atoms with Crippen LogP contribution in [-0.2, 0) is 16.2 Å². The molecule has 7 heteroatoms. The summed E-state index contributed by atoms with van der Waals surface area (Å²) in [5.74, 6) is -2.30. The Morgan fingerprint density at radius 3 is 2.38 bits per heavy atom. The average Bonchev–Trinajstić information content (AvgIpc) is 2.54. The highest BCUT2D eigenvalue weighted by Gasteiger charge is 2.16. The highest BCUT2D eigenvalue weighted by Crippen LogP contribution is 2.36. The topological polar surface area (TPSA) is 96.2 Å². The first kappa shape index (κ1) is 17.7. The third kappa shape index (κ3) is 4.92. The number of hydrogen-bond donors (Lipinski definition) is 2. The fourth-order valence-electron chi connectivity index (χ4n) is 1.91. The number of aliphatic carboxylic acids is 2. The molecule has 0 aliphatic carbocycles. The molecule has 0 atom stereocenters. The SMILES string of the molecule is O=C(O)CC(=Nc1cccc(Br)c1OCc1ccccc1)C(=O)O. The van der Waals surface area contributed by atoms with Gasteiger partial charge >= 0.3 is 11.9 Å². The Morgan fingerprint density at radius 1 is 1.04 bits per heavy atom. The van der Waals surface area contributed by atoms with Crippen LogP contribution in [0.4, 0.5) is 5.69 Å². The number of benzene rings is 2. The quantitative estimate of drug-likeness (QED) is 0.701. The molecule has 24 heavy (non-hydrogen) atoms. The molecule has 0 saturated heterocycles. The van der Waals surface area contributed by atoms with E-state index in [0.29, 0.717) is 10.2 Å². The van der Waals surface area contributed by atoms with Gasteiger partial charge in [-0.1, -0.05) is 36.4 Å². The van der Waals surface area contributed by atoms with E-state index < -0.39 is 24.1 Å². The van der Waals surface area contributed by atoms with Gasteiger partial charge in [-0.15, -0.1) is 0 Å². The molecular formula is C17H14BrNO5. The second kappa shape index (κ2) is 8.26. The molecule has 2 N–H and O–H groups in total. The third-order valence-electron chi connectivity index (χ3n) is 2.99. The summed E-state index contributed by atoms with van der Waals surface area (Å²) < 4.78 is 6.34. The van der Waals surface area contributed by atoms with Crippen LogP contribution in [0, 0.1) is 0 Å². The molecule has 2 aromatic rings. The minimum absolute atomic E-state index is 0.249. The first-order valence-electron chi connectivity index (χ1n) is 6.95. The number of aliphatic imine (C=N–C) groups is 1. The zero-order valence-electron chi connectivity index (χ0n) is 12.5. The van der Waals surface area contributed by atoms with Crippen LogP contribution in [0.1, 0.15) is 12.0 Å². The highest BCUT2D eigenvalue weighted by molar-refractivity contribution is 9.10. The second-order valence-electron chi connectivity index (χ2n) is 4.80. The van der Waals surface area contributed by atoms with Crippen molar-refractivity contribution >= 4 is 39.3 Å². The molecule has 0 radical (unpaired) electrons. The van der Waals surface area contributed by atoms with Crippen molar-refractivity contribution < 1.29 is 24.5 Å². The second-order valence-corrected chi connectivity index (χ2v) is 5.65. The van der Waals surface area contributed by atoms with Gasteiger partial charge in [-0.25, -0.2) is 9.79 Å². The van der Waals surface area contributed by atoms with E-state index >= 15 is 0 Å². The van der Waals surface area contributed by atoms with Crippen molar-refractivity contribution in [2.75, 3.05) is 0 Å². The Bertz CT molecular complexity index is 774. The maximum atomic E-state index is 11.2. The van der Waals surface area contributed by atoms with E-state index in [1.54, 1.807) is 18.2 Å². The van der Waals surface area contributed by atoms with Crippen LogP contribution in [0.15, 0.2) is 58.0 Å². The Morgan fingerprint density at radius 2 is 1.75 bits per heavy atom. The summed E-state index contributed by atoms with van der Waals surface area (Å²) in [5.41, 5.74) is 0.719. The largest absolute Gasteiger partial charge is 0.485 e. The zero-order valence-corrected chi connectivity index (χ0v) is 14.1. The summed E-state index contributed by atoms with van der Waals surface area (Å²) in [7, 11) is 0. The van der Waals surface area contributed by atoms with E-state index in [4.69, 9.17) is 14.9 Å². The Hall–Kier alpha value is -2.67. The van der Waals surface area contributed by atoms with Gasteiger partial charge in [-0.2, -0.15) is 0 Å². The first-order chi connectivity index (χ1) is 11.5. The summed E-state index contributed by atoms with van der Waals surface area (Å²) in [5, 5.41) is 17.9. The number of halogens is 1. The van der Waals surface area contributed by atoms with Crippen molar-refractivity contribution in [1.82, 2.24) is 0 Å². The van der Waals surface area contributed by atoms with Crippen LogP contribution in [0.3, 0.4) is 0 Å². The predicted octanol–water partition coefficient (Wildman–Crippen LogP) is 3.66. The minimum atomic E-state index is -1.38. The fraction of sp³-hybridized carbons (Fsp3) is 0.118. The van der Waals surface area contributed by atoms with Gasteiger partial charge in [-0.3, -0.25) is 4.79 Å². The average molecular weight is 392 g/mol. The maximum absolute atomic E-state index is 11.2. The van der Waals surface area contributed by atoms with Crippen LogP contribution in [-0.4, -0.2) is 27.9 Å². The fourth-order valence-corrected chi connectivity index (χ4v) is 2.38. The zero-order chi connectivity index (χ0) is 17.5. The normalized spacial score (nSPS) is 11.1. The molecule has 0 heterocycles. The molecule has 6 nitrogen and oxygen atoms in total. The van der Waals surface area contributed by atoms with Crippen molar-refractivity contribution in [2.45, 2.75) is 13.0 Å². The van der Waals surface area contributed by atoms with Gasteiger partial charge in [0.05, 0.1) is 10.9 Å².